The van der Waals surface area contributed by atoms with Crippen LogP contribution in [0, 0.1) is 5.41 Å². The van der Waals surface area contributed by atoms with Gasteiger partial charge in [0.2, 0.25) is 0 Å². The fourth-order valence-electron chi connectivity index (χ4n) is 1.61. The van der Waals surface area contributed by atoms with Gasteiger partial charge in [0.15, 0.2) is 5.03 Å². The average molecular weight is 297 g/mol. The van der Waals surface area contributed by atoms with Crippen LogP contribution in [0.3, 0.4) is 0 Å². The Balaban J connectivity index is 1.96. The molecule has 0 bridgehead atoms. The molecule has 1 aliphatic rings. The van der Waals surface area contributed by atoms with E-state index in [1.54, 1.807) is 12.3 Å². The molecule has 1 aromatic heterocycles. The molecule has 1 fully saturated rings. The van der Waals surface area contributed by atoms with Crippen LogP contribution in [-0.2, 0) is 16.6 Å². The fourth-order valence-corrected chi connectivity index (χ4v) is 2.82. The summed E-state index contributed by atoms with van der Waals surface area (Å²) in [5.41, 5.74) is 0.910. The van der Waals surface area contributed by atoms with Gasteiger partial charge in [0, 0.05) is 25.3 Å². The maximum atomic E-state index is 12.1. The number of sulfonamides is 1. The maximum absolute atomic E-state index is 12.1. The highest BCUT2D eigenvalue weighted by molar-refractivity contribution is 7.89. The zero-order valence-corrected chi connectivity index (χ0v) is 13.1. The minimum absolute atomic E-state index is 0.0805. The molecule has 1 saturated carbocycles. The molecular formula is C14H23N3O2S. The Kier molecular flexibility index (Phi) is 4.46. The average Bonchev–Trinajstić information content (AvgIpc) is 3.18. The summed E-state index contributed by atoms with van der Waals surface area (Å²) in [6.45, 7) is 7.08. The minimum atomic E-state index is -3.51. The molecule has 0 aliphatic heterocycles. The first-order valence-electron chi connectivity index (χ1n) is 6.94. The lowest BCUT2D eigenvalue weighted by Gasteiger charge is -2.18. The Bertz CT molecular complexity index is 543. The molecule has 1 aromatic rings. The number of nitrogens with zero attached hydrogens (tertiary/aromatic N) is 1. The Morgan fingerprint density at radius 1 is 1.30 bits per heavy atom. The van der Waals surface area contributed by atoms with Crippen molar-refractivity contribution in [3.63, 3.8) is 0 Å². The van der Waals surface area contributed by atoms with E-state index < -0.39 is 10.0 Å². The van der Waals surface area contributed by atoms with Crippen molar-refractivity contribution in [1.29, 1.82) is 0 Å². The van der Waals surface area contributed by atoms with E-state index in [1.165, 1.54) is 12.8 Å². The van der Waals surface area contributed by atoms with Crippen molar-refractivity contribution in [2.24, 2.45) is 5.41 Å². The summed E-state index contributed by atoms with van der Waals surface area (Å²) < 4.78 is 26.7. The number of hydrogen-bond acceptors (Lipinski definition) is 4. The van der Waals surface area contributed by atoms with E-state index in [0.29, 0.717) is 12.6 Å². The maximum Gasteiger partial charge on any atom is 0.258 e. The molecule has 0 amide bonds. The highest BCUT2D eigenvalue weighted by atomic mass is 32.2. The lowest BCUT2D eigenvalue weighted by molar-refractivity contribution is 0.407. The second-order valence-electron chi connectivity index (χ2n) is 6.55. The molecule has 0 radical (unpaired) electrons. The normalized spacial score (nSPS) is 16.4. The second kappa shape index (κ2) is 5.79. The van der Waals surface area contributed by atoms with Gasteiger partial charge in [-0.2, -0.15) is 0 Å². The standard InChI is InChI=1S/C14H23N3O2S/c1-14(2,3)10-17-20(18,19)13-7-4-11(9-16-13)8-15-12-5-6-12/h4,7,9,12,15,17H,5-6,8,10H2,1-3H3. The van der Waals surface area contributed by atoms with Crippen molar-refractivity contribution in [3.05, 3.63) is 23.9 Å². The van der Waals surface area contributed by atoms with Crippen molar-refractivity contribution < 1.29 is 8.42 Å². The van der Waals surface area contributed by atoms with Gasteiger partial charge in [0.25, 0.3) is 10.0 Å². The second-order valence-corrected chi connectivity index (χ2v) is 8.26. The third-order valence-electron chi connectivity index (χ3n) is 3.04. The lowest BCUT2D eigenvalue weighted by atomic mass is 9.98. The fraction of sp³-hybridized carbons (Fsp3) is 0.643. The molecule has 2 rings (SSSR count). The van der Waals surface area contributed by atoms with Crippen molar-refractivity contribution in [3.8, 4) is 0 Å². The number of pyridine rings is 1. The molecule has 0 atom stereocenters. The molecule has 0 unspecified atom stereocenters. The molecule has 1 aliphatic carbocycles. The Morgan fingerprint density at radius 2 is 2.00 bits per heavy atom. The largest absolute Gasteiger partial charge is 0.310 e. The van der Waals surface area contributed by atoms with Crippen LogP contribution in [0.25, 0.3) is 0 Å². The Labute approximate surface area is 121 Å². The van der Waals surface area contributed by atoms with E-state index in [4.69, 9.17) is 0 Å². The predicted octanol–water partition coefficient (Wildman–Crippen LogP) is 1.66. The summed E-state index contributed by atoms with van der Waals surface area (Å²) >= 11 is 0. The third kappa shape index (κ3) is 4.85. The third-order valence-corrected chi connectivity index (χ3v) is 4.35. The molecule has 1 heterocycles. The molecule has 20 heavy (non-hydrogen) atoms. The van der Waals surface area contributed by atoms with Crippen LogP contribution in [0.4, 0.5) is 0 Å². The molecule has 0 spiro atoms. The van der Waals surface area contributed by atoms with Crippen LogP contribution < -0.4 is 10.0 Å². The lowest BCUT2D eigenvalue weighted by Crippen LogP contribution is -2.32. The topological polar surface area (TPSA) is 71.1 Å². The van der Waals surface area contributed by atoms with E-state index >= 15 is 0 Å². The van der Waals surface area contributed by atoms with Gasteiger partial charge in [-0.15, -0.1) is 0 Å². The molecule has 6 heteroatoms. The first-order chi connectivity index (χ1) is 9.26. The van der Waals surface area contributed by atoms with Gasteiger partial charge in [-0.25, -0.2) is 18.1 Å². The van der Waals surface area contributed by atoms with Crippen LogP contribution in [0.5, 0.6) is 0 Å². The van der Waals surface area contributed by atoms with Gasteiger partial charge in [0.05, 0.1) is 0 Å². The first kappa shape index (κ1) is 15.4. The Hall–Kier alpha value is -0.980. The molecule has 112 valence electrons. The van der Waals surface area contributed by atoms with Crippen molar-refractivity contribution >= 4 is 10.0 Å². The van der Waals surface area contributed by atoms with E-state index in [9.17, 15) is 8.42 Å². The summed E-state index contributed by atoms with van der Waals surface area (Å²) in [6, 6.07) is 4.01. The van der Waals surface area contributed by atoms with Crippen molar-refractivity contribution in [2.45, 2.75) is 51.2 Å². The number of nitrogens with one attached hydrogen (secondary N) is 2. The Morgan fingerprint density at radius 3 is 2.50 bits per heavy atom. The van der Waals surface area contributed by atoms with E-state index in [-0.39, 0.29) is 10.4 Å². The van der Waals surface area contributed by atoms with Crippen LogP contribution in [0.1, 0.15) is 39.2 Å². The first-order valence-corrected chi connectivity index (χ1v) is 8.43. The van der Waals surface area contributed by atoms with Crippen LogP contribution in [0.15, 0.2) is 23.4 Å². The zero-order chi connectivity index (χ0) is 14.8. The molecule has 5 nitrogen and oxygen atoms in total. The smallest absolute Gasteiger partial charge is 0.258 e. The summed E-state index contributed by atoms with van der Waals surface area (Å²) in [7, 11) is -3.51. The number of aromatic nitrogens is 1. The van der Waals surface area contributed by atoms with E-state index in [1.807, 2.05) is 26.8 Å². The monoisotopic (exact) mass is 297 g/mol. The number of hydrogen-bond donors (Lipinski definition) is 2. The number of rotatable bonds is 6. The predicted molar refractivity (Wildman–Crippen MR) is 78.7 cm³/mol. The van der Waals surface area contributed by atoms with Gasteiger partial charge in [0.1, 0.15) is 0 Å². The molecule has 0 aromatic carbocycles. The molecular weight excluding hydrogens is 274 g/mol. The SMILES string of the molecule is CC(C)(C)CNS(=O)(=O)c1ccc(CNC2CC2)cn1. The van der Waals surface area contributed by atoms with Gasteiger partial charge >= 0.3 is 0 Å². The minimum Gasteiger partial charge on any atom is -0.310 e. The van der Waals surface area contributed by atoms with Gasteiger partial charge < -0.3 is 5.32 Å². The van der Waals surface area contributed by atoms with E-state index in [0.717, 1.165) is 12.1 Å². The van der Waals surface area contributed by atoms with Crippen molar-refractivity contribution in [1.82, 2.24) is 15.0 Å². The summed E-state index contributed by atoms with van der Waals surface area (Å²) in [4.78, 5) is 4.06. The van der Waals surface area contributed by atoms with E-state index in [2.05, 4.69) is 15.0 Å². The highest BCUT2D eigenvalue weighted by Crippen LogP contribution is 2.19. The zero-order valence-electron chi connectivity index (χ0n) is 12.3. The molecule has 0 saturated heterocycles. The quantitative estimate of drug-likeness (QED) is 0.837. The highest BCUT2D eigenvalue weighted by Gasteiger charge is 2.21. The van der Waals surface area contributed by atoms with Gasteiger partial charge in [-0.05, 0) is 29.9 Å². The van der Waals surface area contributed by atoms with Crippen LogP contribution >= 0.6 is 0 Å². The summed E-state index contributed by atoms with van der Waals surface area (Å²) in [6.07, 6.45) is 4.09. The van der Waals surface area contributed by atoms with Gasteiger partial charge in [-0.1, -0.05) is 26.8 Å². The van der Waals surface area contributed by atoms with Gasteiger partial charge in [-0.3, -0.25) is 0 Å². The molecule has 2 N–H and O–H groups in total. The summed E-state index contributed by atoms with van der Waals surface area (Å²) in [5.74, 6) is 0. The van der Waals surface area contributed by atoms with Crippen molar-refractivity contribution in [2.75, 3.05) is 6.54 Å². The van der Waals surface area contributed by atoms with Crippen LogP contribution in [-0.4, -0.2) is 26.0 Å². The summed E-state index contributed by atoms with van der Waals surface area (Å²) in [5, 5.41) is 3.45. The van der Waals surface area contributed by atoms with Crippen LogP contribution in [0.2, 0.25) is 0 Å².